The molecular formula is C12H9BrClNS. The van der Waals surface area contributed by atoms with E-state index in [2.05, 4.69) is 20.9 Å². The van der Waals surface area contributed by atoms with Crippen LogP contribution >= 0.6 is 39.3 Å². The van der Waals surface area contributed by atoms with Crippen molar-refractivity contribution in [1.82, 2.24) is 4.98 Å². The van der Waals surface area contributed by atoms with E-state index in [1.54, 1.807) is 18.0 Å². The van der Waals surface area contributed by atoms with Gasteiger partial charge in [-0.3, -0.25) is 0 Å². The van der Waals surface area contributed by atoms with E-state index in [1.165, 1.54) is 0 Å². The smallest absolute Gasteiger partial charge is 0.0963 e. The van der Waals surface area contributed by atoms with Gasteiger partial charge in [0.2, 0.25) is 0 Å². The second kappa shape index (κ2) is 5.71. The van der Waals surface area contributed by atoms with Crippen LogP contribution < -0.4 is 0 Å². The summed E-state index contributed by atoms with van der Waals surface area (Å²) in [6.07, 6.45) is 1.80. The predicted octanol–water partition coefficient (Wildman–Crippen LogP) is 4.79. The minimum absolute atomic E-state index is 0.812. The zero-order valence-corrected chi connectivity index (χ0v) is 11.5. The highest BCUT2D eigenvalue weighted by Gasteiger charge is 2.01. The molecule has 1 aromatic carbocycles. The van der Waals surface area contributed by atoms with E-state index in [0.717, 1.165) is 25.8 Å². The summed E-state index contributed by atoms with van der Waals surface area (Å²) in [7, 11) is 0. The normalized spacial score (nSPS) is 10.4. The molecule has 0 radical (unpaired) electrons. The lowest BCUT2D eigenvalue weighted by Gasteiger charge is -2.03. The zero-order chi connectivity index (χ0) is 11.4. The zero-order valence-electron chi connectivity index (χ0n) is 8.36. The standard InChI is InChI=1S/C12H9BrClNS/c13-10-5-6-12(15-7-10)16-8-9-3-1-2-4-11(9)14/h1-7H,8H2. The molecule has 2 aromatic rings. The summed E-state index contributed by atoms with van der Waals surface area (Å²) < 4.78 is 0.995. The highest BCUT2D eigenvalue weighted by molar-refractivity contribution is 9.10. The molecule has 0 fully saturated rings. The number of benzene rings is 1. The minimum atomic E-state index is 0.812. The molecule has 82 valence electrons. The Bertz CT molecular complexity index is 473. The second-order valence-corrected chi connectivity index (χ2v) is 5.51. The van der Waals surface area contributed by atoms with Crippen LogP contribution in [0.3, 0.4) is 0 Å². The van der Waals surface area contributed by atoms with Crippen molar-refractivity contribution in [3.05, 3.63) is 57.7 Å². The van der Waals surface area contributed by atoms with Crippen LogP contribution in [0, 0.1) is 0 Å². The van der Waals surface area contributed by atoms with Crippen molar-refractivity contribution in [2.45, 2.75) is 10.8 Å². The average molecular weight is 315 g/mol. The molecule has 0 aliphatic carbocycles. The molecule has 0 saturated carbocycles. The Morgan fingerprint density at radius 2 is 2.00 bits per heavy atom. The molecule has 2 rings (SSSR count). The van der Waals surface area contributed by atoms with Crippen LogP contribution in [-0.4, -0.2) is 4.98 Å². The van der Waals surface area contributed by atoms with Gasteiger partial charge < -0.3 is 0 Å². The monoisotopic (exact) mass is 313 g/mol. The first kappa shape index (κ1) is 12.0. The summed E-state index contributed by atoms with van der Waals surface area (Å²) in [5.41, 5.74) is 1.14. The molecule has 0 amide bonds. The van der Waals surface area contributed by atoms with Gasteiger partial charge in [-0.1, -0.05) is 29.8 Å². The number of rotatable bonds is 3. The van der Waals surface area contributed by atoms with Crippen LogP contribution in [0.5, 0.6) is 0 Å². The quantitative estimate of drug-likeness (QED) is 0.756. The minimum Gasteiger partial charge on any atom is -0.249 e. The molecule has 1 heterocycles. The lowest BCUT2D eigenvalue weighted by atomic mass is 10.2. The molecule has 0 unspecified atom stereocenters. The van der Waals surface area contributed by atoms with Crippen LogP contribution in [-0.2, 0) is 5.75 Å². The van der Waals surface area contributed by atoms with Crippen molar-refractivity contribution in [1.29, 1.82) is 0 Å². The molecule has 0 aliphatic rings. The Morgan fingerprint density at radius 3 is 2.69 bits per heavy atom. The van der Waals surface area contributed by atoms with Crippen LogP contribution in [0.25, 0.3) is 0 Å². The van der Waals surface area contributed by atoms with E-state index >= 15 is 0 Å². The van der Waals surface area contributed by atoms with Gasteiger partial charge in [0.1, 0.15) is 0 Å². The first-order valence-corrected chi connectivity index (χ1v) is 6.89. The van der Waals surface area contributed by atoms with E-state index in [1.807, 2.05) is 36.4 Å². The predicted molar refractivity (Wildman–Crippen MR) is 73.0 cm³/mol. The summed E-state index contributed by atoms with van der Waals surface area (Å²) in [6, 6.07) is 11.9. The highest BCUT2D eigenvalue weighted by atomic mass is 79.9. The topological polar surface area (TPSA) is 12.9 Å². The highest BCUT2D eigenvalue weighted by Crippen LogP contribution is 2.25. The van der Waals surface area contributed by atoms with Gasteiger partial charge in [0.25, 0.3) is 0 Å². The van der Waals surface area contributed by atoms with Crippen molar-refractivity contribution in [2.75, 3.05) is 0 Å². The van der Waals surface area contributed by atoms with Crippen LogP contribution in [0.4, 0.5) is 0 Å². The van der Waals surface area contributed by atoms with Crippen molar-refractivity contribution >= 4 is 39.3 Å². The number of nitrogens with zero attached hydrogens (tertiary/aromatic N) is 1. The molecule has 1 aromatic heterocycles. The largest absolute Gasteiger partial charge is 0.249 e. The number of pyridine rings is 1. The molecule has 1 nitrogen and oxygen atoms in total. The Labute approximate surface area is 112 Å². The number of hydrogen-bond donors (Lipinski definition) is 0. The van der Waals surface area contributed by atoms with Gasteiger partial charge in [0, 0.05) is 21.4 Å². The van der Waals surface area contributed by atoms with E-state index in [9.17, 15) is 0 Å². The van der Waals surface area contributed by atoms with E-state index in [0.29, 0.717) is 0 Å². The third-order valence-electron chi connectivity index (χ3n) is 2.03. The fourth-order valence-corrected chi connectivity index (χ4v) is 2.58. The van der Waals surface area contributed by atoms with Crippen LogP contribution in [0.2, 0.25) is 5.02 Å². The molecule has 0 N–H and O–H groups in total. The summed E-state index contributed by atoms with van der Waals surface area (Å²) in [4.78, 5) is 4.30. The van der Waals surface area contributed by atoms with E-state index < -0.39 is 0 Å². The second-order valence-electron chi connectivity index (χ2n) is 3.19. The fourth-order valence-electron chi connectivity index (χ4n) is 1.21. The van der Waals surface area contributed by atoms with Gasteiger partial charge in [0.15, 0.2) is 0 Å². The van der Waals surface area contributed by atoms with Crippen LogP contribution in [0.15, 0.2) is 52.1 Å². The number of thioether (sulfide) groups is 1. The molecule has 16 heavy (non-hydrogen) atoms. The van der Waals surface area contributed by atoms with E-state index in [-0.39, 0.29) is 0 Å². The lowest BCUT2D eigenvalue weighted by molar-refractivity contribution is 1.12. The average Bonchev–Trinajstić information content (AvgIpc) is 2.30. The molecule has 0 spiro atoms. The van der Waals surface area contributed by atoms with Crippen LogP contribution in [0.1, 0.15) is 5.56 Å². The maximum Gasteiger partial charge on any atom is 0.0963 e. The van der Waals surface area contributed by atoms with Crippen molar-refractivity contribution in [2.24, 2.45) is 0 Å². The molecule has 0 aliphatic heterocycles. The van der Waals surface area contributed by atoms with Crippen molar-refractivity contribution in [3.8, 4) is 0 Å². The summed E-state index contributed by atoms with van der Waals surface area (Å²) in [6.45, 7) is 0. The van der Waals surface area contributed by atoms with E-state index in [4.69, 9.17) is 11.6 Å². The van der Waals surface area contributed by atoms with Gasteiger partial charge >= 0.3 is 0 Å². The van der Waals surface area contributed by atoms with Crippen molar-refractivity contribution in [3.63, 3.8) is 0 Å². The van der Waals surface area contributed by atoms with Gasteiger partial charge in [-0.15, -0.1) is 11.8 Å². The number of hydrogen-bond acceptors (Lipinski definition) is 2. The summed E-state index contributed by atoms with van der Waals surface area (Å²) in [5, 5.41) is 1.82. The summed E-state index contributed by atoms with van der Waals surface area (Å²) in [5.74, 6) is 0.842. The fraction of sp³-hybridized carbons (Fsp3) is 0.0833. The molecule has 0 saturated heterocycles. The summed E-state index contributed by atoms with van der Waals surface area (Å²) >= 11 is 11.1. The van der Waals surface area contributed by atoms with Gasteiger partial charge in [-0.05, 0) is 39.7 Å². The Hall–Kier alpha value is -0.510. The third-order valence-corrected chi connectivity index (χ3v) is 3.86. The maximum atomic E-state index is 6.07. The first-order chi connectivity index (χ1) is 7.75. The van der Waals surface area contributed by atoms with Gasteiger partial charge in [-0.25, -0.2) is 4.98 Å². The van der Waals surface area contributed by atoms with Gasteiger partial charge in [-0.2, -0.15) is 0 Å². The SMILES string of the molecule is Clc1ccccc1CSc1ccc(Br)cn1. The van der Waals surface area contributed by atoms with Crippen molar-refractivity contribution < 1.29 is 0 Å². The first-order valence-electron chi connectivity index (χ1n) is 4.73. The Morgan fingerprint density at radius 1 is 1.19 bits per heavy atom. The maximum absolute atomic E-state index is 6.07. The molecule has 0 bridgehead atoms. The lowest BCUT2D eigenvalue weighted by Crippen LogP contribution is -1.84. The molecular weight excluding hydrogens is 306 g/mol. The molecule has 0 atom stereocenters. The Kier molecular flexibility index (Phi) is 4.27. The molecule has 4 heteroatoms. The Balaban J connectivity index is 2.02. The van der Waals surface area contributed by atoms with Gasteiger partial charge in [0.05, 0.1) is 5.03 Å². The third kappa shape index (κ3) is 3.24. The number of aromatic nitrogens is 1. The number of halogens is 2.